The lowest BCUT2D eigenvalue weighted by atomic mass is 10.0. The van der Waals surface area contributed by atoms with E-state index < -0.39 is 20.0 Å². The highest BCUT2D eigenvalue weighted by atomic mass is 31.2. The number of carbonyl (C=O) groups excluding carboxylic acids is 1. The minimum atomic E-state index is -4.32. The maximum absolute atomic E-state index is 12.9. The van der Waals surface area contributed by atoms with Crippen molar-refractivity contribution in [3.8, 4) is 0 Å². The van der Waals surface area contributed by atoms with Crippen LogP contribution in [0, 0.1) is 0 Å². The van der Waals surface area contributed by atoms with Crippen LogP contribution in [0.4, 0.5) is 0 Å². The van der Waals surface area contributed by atoms with E-state index in [0.29, 0.717) is 23.9 Å². The monoisotopic (exact) mass is 884 g/mol. The summed E-state index contributed by atoms with van der Waals surface area (Å²) in [5.41, 5.74) is 0. The number of allylic oxidation sites excluding steroid dienone is 4. The summed E-state index contributed by atoms with van der Waals surface area (Å²) >= 11 is 0. The van der Waals surface area contributed by atoms with E-state index in [2.05, 4.69) is 43.5 Å². The van der Waals surface area contributed by atoms with Gasteiger partial charge in [0.1, 0.15) is 13.2 Å². The molecule has 61 heavy (non-hydrogen) atoms. The molecular formula is C52H104N2O6P+. The number of amides is 1. The van der Waals surface area contributed by atoms with Gasteiger partial charge in [0, 0.05) is 6.42 Å². The summed E-state index contributed by atoms with van der Waals surface area (Å²) in [6.07, 6.45) is 53.6. The van der Waals surface area contributed by atoms with Crippen molar-refractivity contribution in [1.29, 1.82) is 0 Å². The van der Waals surface area contributed by atoms with Gasteiger partial charge in [-0.25, -0.2) is 4.57 Å². The number of nitrogens with one attached hydrogen (secondary N) is 1. The number of phosphoric acid groups is 1. The summed E-state index contributed by atoms with van der Waals surface area (Å²) in [5.74, 6) is -0.154. The molecule has 0 saturated carbocycles. The summed E-state index contributed by atoms with van der Waals surface area (Å²) in [4.78, 5) is 23.2. The summed E-state index contributed by atoms with van der Waals surface area (Å²) < 4.78 is 23.7. The Morgan fingerprint density at radius 3 is 1.34 bits per heavy atom. The van der Waals surface area contributed by atoms with Crippen LogP contribution >= 0.6 is 7.82 Å². The lowest BCUT2D eigenvalue weighted by molar-refractivity contribution is -0.870. The van der Waals surface area contributed by atoms with E-state index in [0.717, 1.165) is 51.4 Å². The predicted molar refractivity (Wildman–Crippen MR) is 263 cm³/mol. The van der Waals surface area contributed by atoms with Crippen molar-refractivity contribution >= 4 is 13.7 Å². The van der Waals surface area contributed by atoms with Crippen molar-refractivity contribution in [2.75, 3.05) is 40.9 Å². The number of hydrogen-bond acceptors (Lipinski definition) is 5. The largest absolute Gasteiger partial charge is 0.472 e. The molecule has 3 unspecified atom stereocenters. The second-order valence-electron chi connectivity index (χ2n) is 19.3. The normalized spacial score (nSPS) is 14.3. The second-order valence-corrected chi connectivity index (χ2v) is 20.7. The van der Waals surface area contributed by atoms with Crippen molar-refractivity contribution in [3.05, 3.63) is 24.3 Å². The van der Waals surface area contributed by atoms with Crippen LogP contribution < -0.4 is 5.32 Å². The minimum absolute atomic E-state index is 0.0730. The molecule has 0 saturated heterocycles. The number of rotatable bonds is 48. The number of quaternary nitrogens is 1. The highest BCUT2D eigenvalue weighted by Gasteiger charge is 2.28. The molecule has 9 heteroatoms. The fourth-order valence-electron chi connectivity index (χ4n) is 7.80. The fraction of sp³-hybridized carbons (Fsp3) is 0.904. The molecule has 0 heterocycles. The van der Waals surface area contributed by atoms with E-state index in [1.165, 1.54) is 173 Å². The number of nitrogens with zero attached hydrogens (tertiary/aromatic N) is 1. The average molecular weight is 884 g/mol. The van der Waals surface area contributed by atoms with Crippen molar-refractivity contribution in [1.82, 2.24) is 5.32 Å². The third kappa shape index (κ3) is 46.8. The van der Waals surface area contributed by atoms with Gasteiger partial charge >= 0.3 is 7.82 Å². The van der Waals surface area contributed by atoms with Crippen molar-refractivity contribution < 1.29 is 32.9 Å². The van der Waals surface area contributed by atoms with Gasteiger partial charge in [-0.3, -0.25) is 13.8 Å². The first-order chi connectivity index (χ1) is 29.5. The van der Waals surface area contributed by atoms with Gasteiger partial charge < -0.3 is 19.8 Å². The van der Waals surface area contributed by atoms with Gasteiger partial charge in [-0.1, -0.05) is 231 Å². The molecular weight excluding hydrogens is 780 g/mol. The van der Waals surface area contributed by atoms with E-state index in [1.54, 1.807) is 0 Å². The summed E-state index contributed by atoms with van der Waals surface area (Å²) in [6, 6.07) is -0.765. The quantitative estimate of drug-likeness (QED) is 0.0243. The van der Waals surface area contributed by atoms with E-state index in [1.807, 2.05) is 21.1 Å². The zero-order valence-corrected chi connectivity index (χ0v) is 42.1. The molecule has 0 aromatic heterocycles. The average Bonchev–Trinajstić information content (AvgIpc) is 3.21. The Bertz CT molecular complexity index is 1050. The number of phosphoric ester groups is 1. The third-order valence-corrected chi connectivity index (χ3v) is 13.0. The molecule has 0 aliphatic heterocycles. The van der Waals surface area contributed by atoms with Crippen LogP contribution in [0.3, 0.4) is 0 Å². The first-order valence-corrected chi connectivity index (χ1v) is 27.7. The maximum atomic E-state index is 12.9. The minimum Gasteiger partial charge on any atom is -0.391 e. The van der Waals surface area contributed by atoms with Crippen LogP contribution in [0.5, 0.6) is 0 Å². The Labute approximate surface area is 379 Å². The van der Waals surface area contributed by atoms with Crippen LogP contribution in [0.1, 0.15) is 251 Å². The van der Waals surface area contributed by atoms with E-state index in [-0.39, 0.29) is 19.1 Å². The number of hydrogen-bond donors (Lipinski definition) is 3. The second kappa shape index (κ2) is 44.2. The van der Waals surface area contributed by atoms with Crippen LogP contribution in [0.15, 0.2) is 24.3 Å². The van der Waals surface area contributed by atoms with Gasteiger partial charge in [0.25, 0.3) is 0 Å². The number of unbranched alkanes of at least 4 members (excludes halogenated alkanes) is 32. The third-order valence-electron chi connectivity index (χ3n) is 12.0. The molecule has 0 spiro atoms. The van der Waals surface area contributed by atoms with Gasteiger partial charge in [-0.2, -0.15) is 0 Å². The standard InChI is InChI=1S/C52H103N2O6P/c1-6-8-10-12-14-16-18-20-22-23-24-25-26-27-28-29-30-32-33-35-37-39-41-43-45-51(55)50(49-60-61(57,58)59-48-47-54(3,4)5)53-52(56)46-44-42-40-38-36-34-31-21-19-17-15-13-11-9-7-2/h15,17,19,21,50-51,55H,6-14,16,18,20,22-49H2,1-5H3,(H-,53,56,57,58)/p+1/b17-15-,21-19-. The molecule has 0 rings (SSSR count). The molecule has 0 aliphatic carbocycles. The maximum Gasteiger partial charge on any atom is 0.472 e. The molecule has 0 aromatic rings. The molecule has 0 aliphatic rings. The van der Waals surface area contributed by atoms with Gasteiger partial charge in [0.2, 0.25) is 5.91 Å². The van der Waals surface area contributed by atoms with E-state index in [9.17, 15) is 19.4 Å². The molecule has 0 bridgehead atoms. The molecule has 3 N–H and O–H groups in total. The van der Waals surface area contributed by atoms with Crippen LogP contribution in [0.25, 0.3) is 0 Å². The zero-order valence-electron chi connectivity index (χ0n) is 41.2. The Morgan fingerprint density at radius 2 is 0.918 bits per heavy atom. The number of likely N-dealkylation sites (N-methyl/N-ethyl adjacent to an activating group) is 1. The number of aliphatic hydroxyl groups is 1. The summed E-state index contributed by atoms with van der Waals surface area (Å²) in [7, 11) is 1.61. The smallest absolute Gasteiger partial charge is 0.391 e. The van der Waals surface area contributed by atoms with Gasteiger partial charge in [-0.15, -0.1) is 0 Å². The predicted octanol–water partition coefficient (Wildman–Crippen LogP) is 15.3. The number of carbonyl (C=O) groups is 1. The molecule has 0 fully saturated rings. The van der Waals surface area contributed by atoms with Crippen molar-refractivity contribution in [3.63, 3.8) is 0 Å². The van der Waals surface area contributed by atoms with Crippen molar-refractivity contribution in [2.45, 2.75) is 264 Å². The SMILES string of the molecule is CCCCC/C=C\C=C/CCCCCCCCC(=O)NC(COP(=O)(O)OCC[N+](C)(C)C)C(O)CCCCCCCCCCCCCCCCCCCCCCCCCC. The Balaban J connectivity index is 4.19. The lowest BCUT2D eigenvalue weighted by Gasteiger charge is -2.26. The van der Waals surface area contributed by atoms with Crippen molar-refractivity contribution in [2.24, 2.45) is 0 Å². The Kier molecular flexibility index (Phi) is 43.5. The highest BCUT2D eigenvalue weighted by molar-refractivity contribution is 7.47. The topological polar surface area (TPSA) is 105 Å². The molecule has 1 amide bonds. The van der Waals surface area contributed by atoms with E-state index >= 15 is 0 Å². The number of aliphatic hydroxyl groups excluding tert-OH is 1. The molecule has 362 valence electrons. The molecule has 8 nitrogen and oxygen atoms in total. The van der Waals surface area contributed by atoms with Crippen LogP contribution in [0.2, 0.25) is 0 Å². The van der Waals surface area contributed by atoms with Crippen LogP contribution in [-0.4, -0.2) is 73.4 Å². The lowest BCUT2D eigenvalue weighted by Crippen LogP contribution is -2.46. The summed E-state index contributed by atoms with van der Waals surface area (Å²) in [5, 5.41) is 14.0. The van der Waals surface area contributed by atoms with Crippen LogP contribution in [-0.2, 0) is 18.4 Å². The van der Waals surface area contributed by atoms with Gasteiger partial charge in [-0.05, 0) is 38.5 Å². The van der Waals surface area contributed by atoms with Gasteiger partial charge in [0.15, 0.2) is 0 Å². The van der Waals surface area contributed by atoms with E-state index in [4.69, 9.17) is 9.05 Å². The first-order valence-electron chi connectivity index (χ1n) is 26.2. The molecule has 0 radical (unpaired) electrons. The first kappa shape index (κ1) is 60.0. The zero-order chi connectivity index (χ0) is 45.0. The molecule has 0 aromatic carbocycles. The molecule has 3 atom stereocenters. The van der Waals surface area contributed by atoms with Gasteiger partial charge in [0.05, 0.1) is 39.9 Å². The summed E-state index contributed by atoms with van der Waals surface area (Å²) in [6.45, 7) is 4.87. The fourth-order valence-corrected chi connectivity index (χ4v) is 8.54. The highest BCUT2D eigenvalue weighted by Crippen LogP contribution is 2.43. The Hall–Kier alpha value is -1.02. The Morgan fingerprint density at radius 1 is 0.557 bits per heavy atom.